The van der Waals surface area contributed by atoms with Crippen LogP contribution in [-0.4, -0.2) is 37.4 Å². The summed E-state index contributed by atoms with van der Waals surface area (Å²) in [7, 11) is 0. The van der Waals surface area contributed by atoms with E-state index in [1.165, 1.54) is 19.3 Å². The molecule has 2 aromatic carbocycles. The van der Waals surface area contributed by atoms with E-state index in [1.807, 2.05) is 41.4 Å². The summed E-state index contributed by atoms with van der Waals surface area (Å²) in [5.74, 6) is 1.07. The molecule has 0 atom stereocenters. The second-order valence-corrected chi connectivity index (χ2v) is 8.40. The zero-order chi connectivity index (χ0) is 21.8. The van der Waals surface area contributed by atoms with Crippen LogP contribution in [0.3, 0.4) is 0 Å². The molecule has 0 bridgehead atoms. The van der Waals surface area contributed by atoms with Gasteiger partial charge in [-0.3, -0.25) is 14.7 Å². The van der Waals surface area contributed by atoms with Crippen molar-refractivity contribution in [2.45, 2.75) is 38.6 Å². The van der Waals surface area contributed by atoms with E-state index >= 15 is 0 Å². The highest BCUT2D eigenvalue weighted by molar-refractivity contribution is 6.14. The van der Waals surface area contributed by atoms with Gasteiger partial charge in [0.05, 0.1) is 18.9 Å². The third-order valence-corrected chi connectivity index (χ3v) is 6.29. The Kier molecular flexibility index (Phi) is 5.87. The fraction of sp³-hybridized carbons (Fsp3) is 0.320. The Morgan fingerprint density at radius 1 is 1.00 bits per heavy atom. The number of hydrogen-bond donors (Lipinski definition) is 0. The Morgan fingerprint density at radius 3 is 2.59 bits per heavy atom. The highest BCUT2D eigenvalue weighted by atomic mass is 16.2. The predicted octanol–water partition coefficient (Wildman–Crippen LogP) is 4.50. The lowest BCUT2D eigenvalue weighted by Gasteiger charge is -2.29. The summed E-state index contributed by atoms with van der Waals surface area (Å²) in [6.45, 7) is 1.28. The summed E-state index contributed by atoms with van der Waals surface area (Å²) in [6.07, 6.45) is 14.5. The Labute approximate surface area is 187 Å². The zero-order valence-electron chi connectivity index (χ0n) is 18.0. The van der Waals surface area contributed by atoms with Crippen LogP contribution in [-0.2, 0) is 6.54 Å². The SMILES string of the molecule is O=C(c1ccc(Cn2ccnn2)c2ccccc12)N(CC1CCCCC1)c1cnccn1. The van der Waals surface area contributed by atoms with E-state index in [1.54, 1.807) is 29.5 Å². The average Bonchev–Trinajstić information content (AvgIpc) is 3.37. The van der Waals surface area contributed by atoms with Crippen molar-refractivity contribution < 1.29 is 4.79 Å². The number of aromatic nitrogens is 5. The highest BCUT2D eigenvalue weighted by Gasteiger charge is 2.25. The molecule has 7 heteroatoms. The van der Waals surface area contributed by atoms with Gasteiger partial charge in [0.15, 0.2) is 5.82 Å². The van der Waals surface area contributed by atoms with Crippen LogP contribution in [0.4, 0.5) is 5.82 Å². The smallest absolute Gasteiger partial charge is 0.260 e. The van der Waals surface area contributed by atoms with Gasteiger partial charge in [-0.1, -0.05) is 54.8 Å². The lowest BCUT2D eigenvalue weighted by atomic mass is 9.88. The molecule has 0 spiro atoms. The molecule has 162 valence electrons. The Balaban J connectivity index is 1.52. The largest absolute Gasteiger partial charge is 0.291 e. The molecule has 2 aromatic heterocycles. The summed E-state index contributed by atoms with van der Waals surface area (Å²) < 4.78 is 1.79. The lowest BCUT2D eigenvalue weighted by molar-refractivity contribution is 0.0981. The van der Waals surface area contributed by atoms with Gasteiger partial charge in [-0.25, -0.2) is 9.67 Å². The second-order valence-electron chi connectivity index (χ2n) is 8.40. The molecule has 1 fully saturated rings. The number of carbonyl (C=O) groups excluding carboxylic acids is 1. The molecule has 1 aliphatic carbocycles. The van der Waals surface area contributed by atoms with E-state index in [0.717, 1.165) is 29.2 Å². The number of rotatable bonds is 6. The first kappa shape index (κ1) is 20.3. The first-order valence-electron chi connectivity index (χ1n) is 11.2. The van der Waals surface area contributed by atoms with Crippen LogP contribution in [0.1, 0.15) is 48.0 Å². The van der Waals surface area contributed by atoms with E-state index < -0.39 is 0 Å². The number of nitrogens with zero attached hydrogens (tertiary/aromatic N) is 6. The van der Waals surface area contributed by atoms with Crippen LogP contribution in [0.5, 0.6) is 0 Å². The molecule has 7 nitrogen and oxygen atoms in total. The van der Waals surface area contributed by atoms with Crippen LogP contribution in [0, 0.1) is 5.92 Å². The van der Waals surface area contributed by atoms with Crippen molar-refractivity contribution in [3.8, 4) is 0 Å². The molecule has 5 rings (SSSR count). The van der Waals surface area contributed by atoms with Crippen molar-refractivity contribution in [3.05, 3.63) is 78.5 Å². The van der Waals surface area contributed by atoms with Crippen molar-refractivity contribution in [1.82, 2.24) is 25.0 Å². The maximum atomic E-state index is 13.9. The third kappa shape index (κ3) is 4.23. The minimum absolute atomic E-state index is 0.0282. The van der Waals surface area contributed by atoms with Crippen molar-refractivity contribution in [2.24, 2.45) is 5.92 Å². The average molecular weight is 427 g/mol. The van der Waals surface area contributed by atoms with Gasteiger partial charge < -0.3 is 0 Å². The highest BCUT2D eigenvalue weighted by Crippen LogP contribution is 2.29. The van der Waals surface area contributed by atoms with Gasteiger partial charge in [-0.2, -0.15) is 0 Å². The van der Waals surface area contributed by atoms with Crippen molar-refractivity contribution >= 4 is 22.5 Å². The van der Waals surface area contributed by atoms with Gasteiger partial charge in [-0.15, -0.1) is 5.10 Å². The first-order chi connectivity index (χ1) is 15.8. The van der Waals surface area contributed by atoms with Gasteiger partial charge in [-0.05, 0) is 41.2 Å². The van der Waals surface area contributed by atoms with Crippen LogP contribution in [0.15, 0.2) is 67.4 Å². The van der Waals surface area contributed by atoms with E-state index in [2.05, 4.69) is 26.3 Å². The normalized spacial score (nSPS) is 14.5. The molecule has 0 radical (unpaired) electrons. The molecule has 0 unspecified atom stereocenters. The number of carbonyl (C=O) groups is 1. The summed E-state index contributed by atoms with van der Waals surface area (Å²) in [5.41, 5.74) is 1.78. The van der Waals surface area contributed by atoms with Gasteiger partial charge in [0.2, 0.25) is 0 Å². The van der Waals surface area contributed by atoms with Crippen LogP contribution in [0.25, 0.3) is 10.8 Å². The molecule has 2 heterocycles. The Morgan fingerprint density at radius 2 is 1.84 bits per heavy atom. The van der Waals surface area contributed by atoms with Gasteiger partial charge in [0.1, 0.15) is 0 Å². The number of amides is 1. The topological polar surface area (TPSA) is 76.8 Å². The molecule has 1 amide bonds. The number of anilines is 1. The van der Waals surface area contributed by atoms with E-state index in [-0.39, 0.29) is 5.91 Å². The van der Waals surface area contributed by atoms with Crippen LogP contribution >= 0.6 is 0 Å². The third-order valence-electron chi connectivity index (χ3n) is 6.29. The lowest BCUT2D eigenvalue weighted by Crippen LogP contribution is -2.37. The summed E-state index contributed by atoms with van der Waals surface area (Å²) in [4.78, 5) is 24.4. The van der Waals surface area contributed by atoms with Gasteiger partial charge >= 0.3 is 0 Å². The monoisotopic (exact) mass is 426 g/mol. The molecule has 32 heavy (non-hydrogen) atoms. The maximum Gasteiger partial charge on any atom is 0.260 e. The van der Waals surface area contributed by atoms with Crippen LogP contribution in [0.2, 0.25) is 0 Å². The van der Waals surface area contributed by atoms with E-state index in [4.69, 9.17) is 0 Å². The van der Waals surface area contributed by atoms with Crippen molar-refractivity contribution in [2.75, 3.05) is 11.4 Å². The molecule has 4 aromatic rings. The van der Waals surface area contributed by atoms with Crippen LogP contribution < -0.4 is 4.90 Å². The minimum Gasteiger partial charge on any atom is -0.291 e. The quantitative estimate of drug-likeness (QED) is 0.454. The molecule has 0 saturated heterocycles. The van der Waals surface area contributed by atoms with Gasteiger partial charge in [0.25, 0.3) is 5.91 Å². The number of hydrogen-bond acceptors (Lipinski definition) is 5. The molecule has 1 aliphatic rings. The summed E-state index contributed by atoms with van der Waals surface area (Å²) in [6, 6.07) is 12.0. The molecule has 0 N–H and O–H groups in total. The number of fused-ring (bicyclic) bond motifs is 1. The molecule has 0 aliphatic heterocycles. The second kappa shape index (κ2) is 9.26. The van der Waals surface area contributed by atoms with Gasteiger partial charge in [0, 0.05) is 30.7 Å². The zero-order valence-corrected chi connectivity index (χ0v) is 18.0. The standard InChI is InChI=1S/C25H26N6O/c32-25(31(24-16-26-12-13-27-24)17-19-6-2-1-3-7-19)23-11-10-20(18-30-15-14-28-29-30)21-8-4-5-9-22(21)23/h4-5,8-16,19H,1-3,6-7,17-18H2. The Hall–Kier alpha value is -3.61. The fourth-order valence-electron chi connectivity index (χ4n) is 4.66. The molecular formula is C25H26N6O. The predicted molar refractivity (Wildman–Crippen MR) is 123 cm³/mol. The fourth-order valence-corrected chi connectivity index (χ4v) is 4.66. The van der Waals surface area contributed by atoms with Crippen molar-refractivity contribution in [1.29, 1.82) is 0 Å². The first-order valence-corrected chi connectivity index (χ1v) is 11.2. The number of benzene rings is 2. The molecule has 1 saturated carbocycles. The Bertz CT molecular complexity index is 1190. The summed E-state index contributed by atoms with van der Waals surface area (Å²) in [5, 5.41) is 9.97. The summed E-state index contributed by atoms with van der Waals surface area (Å²) >= 11 is 0. The van der Waals surface area contributed by atoms with E-state index in [9.17, 15) is 4.79 Å². The van der Waals surface area contributed by atoms with Crippen molar-refractivity contribution in [3.63, 3.8) is 0 Å². The van der Waals surface area contributed by atoms with E-state index in [0.29, 0.717) is 30.4 Å². The molecular weight excluding hydrogens is 400 g/mol. The minimum atomic E-state index is -0.0282. The maximum absolute atomic E-state index is 13.9.